The number of carbonyl (C=O) groups excluding carboxylic acids is 2. The van der Waals surface area contributed by atoms with Crippen LogP contribution in [-0.4, -0.2) is 29.3 Å². The molecule has 18 heavy (non-hydrogen) atoms. The second-order valence-corrected chi connectivity index (χ2v) is 4.46. The Labute approximate surface area is 107 Å². The Morgan fingerprint density at radius 3 is 2.39 bits per heavy atom. The molecule has 0 aliphatic heterocycles. The van der Waals surface area contributed by atoms with Crippen LogP contribution in [0.3, 0.4) is 0 Å². The topological polar surface area (TPSA) is 89.4 Å². The standard InChI is InChI=1S/C13H19N3O2/c1-9(2)16(8-12(15)17)13(18)7-10-5-3-4-6-11(10)14/h3-6,9H,7-8,14H2,1-2H3,(H2,15,17). The third-order valence-corrected chi connectivity index (χ3v) is 2.67. The van der Waals surface area contributed by atoms with Gasteiger partial charge in [0.1, 0.15) is 0 Å². The molecule has 0 saturated heterocycles. The van der Waals surface area contributed by atoms with Crippen molar-refractivity contribution in [2.45, 2.75) is 26.3 Å². The number of nitrogens with two attached hydrogens (primary N) is 2. The predicted octanol–water partition coefficient (Wildman–Crippen LogP) is 0.534. The maximum absolute atomic E-state index is 12.1. The van der Waals surface area contributed by atoms with E-state index in [2.05, 4.69) is 0 Å². The van der Waals surface area contributed by atoms with Crippen molar-refractivity contribution in [1.82, 2.24) is 4.90 Å². The van der Waals surface area contributed by atoms with Crippen LogP contribution in [0.2, 0.25) is 0 Å². The van der Waals surface area contributed by atoms with Crippen LogP contribution in [0.15, 0.2) is 24.3 Å². The van der Waals surface area contributed by atoms with Crippen LogP contribution in [-0.2, 0) is 16.0 Å². The highest BCUT2D eigenvalue weighted by atomic mass is 16.2. The first-order valence-electron chi connectivity index (χ1n) is 5.83. The van der Waals surface area contributed by atoms with Gasteiger partial charge < -0.3 is 16.4 Å². The molecule has 1 aromatic rings. The summed E-state index contributed by atoms with van der Waals surface area (Å²) in [4.78, 5) is 24.5. The minimum atomic E-state index is -0.516. The van der Waals surface area contributed by atoms with Crippen LogP contribution >= 0.6 is 0 Å². The van der Waals surface area contributed by atoms with Gasteiger partial charge in [-0.05, 0) is 25.5 Å². The van der Waals surface area contributed by atoms with Gasteiger partial charge in [0, 0.05) is 11.7 Å². The Balaban J connectivity index is 2.79. The van der Waals surface area contributed by atoms with E-state index >= 15 is 0 Å². The van der Waals surface area contributed by atoms with Crippen molar-refractivity contribution in [2.75, 3.05) is 12.3 Å². The fraction of sp³-hybridized carbons (Fsp3) is 0.385. The molecule has 0 fully saturated rings. The van der Waals surface area contributed by atoms with Crippen molar-refractivity contribution < 1.29 is 9.59 Å². The van der Waals surface area contributed by atoms with Crippen molar-refractivity contribution in [3.8, 4) is 0 Å². The number of benzene rings is 1. The molecule has 2 amide bonds. The van der Waals surface area contributed by atoms with E-state index in [1.54, 1.807) is 12.1 Å². The van der Waals surface area contributed by atoms with Crippen molar-refractivity contribution in [1.29, 1.82) is 0 Å². The minimum Gasteiger partial charge on any atom is -0.398 e. The molecule has 5 heteroatoms. The lowest BCUT2D eigenvalue weighted by Crippen LogP contribution is -2.43. The summed E-state index contributed by atoms with van der Waals surface area (Å²) >= 11 is 0. The Morgan fingerprint density at radius 2 is 1.89 bits per heavy atom. The number of rotatable bonds is 5. The number of hydrogen-bond acceptors (Lipinski definition) is 3. The van der Waals surface area contributed by atoms with E-state index in [0.717, 1.165) is 5.56 Å². The molecule has 1 aromatic carbocycles. The quantitative estimate of drug-likeness (QED) is 0.746. The van der Waals surface area contributed by atoms with Crippen LogP contribution in [0.25, 0.3) is 0 Å². The number of amides is 2. The van der Waals surface area contributed by atoms with Crippen LogP contribution in [0.4, 0.5) is 5.69 Å². The number of para-hydroxylation sites is 1. The first kappa shape index (κ1) is 14.0. The van der Waals surface area contributed by atoms with Crippen LogP contribution in [0.1, 0.15) is 19.4 Å². The molecule has 98 valence electrons. The molecule has 0 heterocycles. The molecule has 0 aliphatic rings. The number of anilines is 1. The lowest BCUT2D eigenvalue weighted by Gasteiger charge is -2.25. The van der Waals surface area contributed by atoms with Crippen LogP contribution < -0.4 is 11.5 Å². The normalized spacial score (nSPS) is 10.4. The van der Waals surface area contributed by atoms with Crippen molar-refractivity contribution >= 4 is 17.5 Å². The number of hydrogen-bond donors (Lipinski definition) is 2. The van der Waals surface area contributed by atoms with E-state index < -0.39 is 5.91 Å². The predicted molar refractivity (Wildman–Crippen MR) is 70.6 cm³/mol. The average molecular weight is 249 g/mol. The molecule has 0 aliphatic carbocycles. The summed E-state index contributed by atoms with van der Waals surface area (Å²) in [6.45, 7) is 3.62. The number of primary amides is 1. The summed E-state index contributed by atoms with van der Waals surface area (Å²) in [6.07, 6.45) is 0.179. The summed E-state index contributed by atoms with van der Waals surface area (Å²) in [7, 11) is 0. The molecule has 4 N–H and O–H groups in total. The summed E-state index contributed by atoms with van der Waals surface area (Å²) in [6, 6.07) is 7.11. The summed E-state index contributed by atoms with van der Waals surface area (Å²) in [5.74, 6) is -0.667. The molecule has 0 bridgehead atoms. The van der Waals surface area contributed by atoms with Gasteiger partial charge in [0.05, 0.1) is 13.0 Å². The molecule has 1 rings (SSSR count). The zero-order valence-electron chi connectivity index (χ0n) is 10.7. The number of carbonyl (C=O) groups is 2. The van der Waals surface area contributed by atoms with Gasteiger partial charge in [-0.1, -0.05) is 18.2 Å². The van der Waals surface area contributed by atoms with Crippen molar-refractivity contribution in [2.24, 2.45) is 5.73 Å². The molecular weight excluding hydrogens is 230 g/mol. The van der Waals surface area contributed by atoms with Gasteiger partial charge in [-0.25, -0.2) is 0 Å². The summed E-state index contributed by atoms with van der Waals surface area (Å²) < 4.78 is 0. The second-order valence-electron chi connectivity index (χ2n) is 4.46. The minimum absolute atomic E-state index is 0.0662. The van der Waals surface area contributed by atoms with E-state index in [1.165, 1.54) is 4.90 Å². The fourth-order valence-corrected chi connectivity index (χ4v) is 1.69. The highest BCUT2D eigenvalue weighted by Gasteiger charge is 2.19. The largest absolute Gasteiger partial charge is 0.398 e. The molecule has 0 radical (unpaired) electrons. The third-order valence-electron chi connectivity index (χ3n) is 2.67. The molecule has 5 nitrogen and oxygen atoms in total. The lowest BCUT2D eigenvalue weighted by molar-refractivity contribution is -0.136. The molecule has 0 spiro atoms. The third kappa shape index (κ3) is 3.76. The summed E-state index contributed by atoms with van der Waals surface area (Å²) in [5, 5.41) is 0. The Kier molecular flexibility index (Phi) is 4.71. The smallest absolute Gasteiger partial charge is 0.237 e. The molecule has 0 unspecified atom stereocenters. The zero-order valence-corrected chi connectivity index (χ0v) is 10.7. The van der Waals surface area contributed by atoms with Gasteiger partial charge in [0.25, 0.3) is 0 Å². The lowest BCUT2D eigenvalue weighted by atomic mass is 10.1. The molecule has 0 atom stereocenters. The molecular formula is C13H19N3O2. The van der Waals surface area contributed by atoms with Gasteiger partial charge in [0.15, 0.2) is 0 Å². The van der Waals surface area contributed by atoms with Crippen molar-refractivity contribution in [3.63, 3.8) is 0 Å². The van der Waals surface area contributed by atoms with Gasteiger partial charge in [0.2, 0.25) is 11.8 Å². The maximum Gasteiger partial charge on any atom is 0.237 e. The number of nitrogens with zero attached hydrogens (tertiary/aromatic N) is 1. The van der Waals surface area contributed by atoms with E-state index in [0.29, 0.717) is 5.69 Å². The molecule has 0 aromatic heterocycles. The zero-order chi connectivity index (χ0) is 13.7. The highest BCUT2D eigenvalue weighted by molar-refractivity contribution is 5.86. The fourth-order valence-electron chi connectivity index (χ4n) is 1.69. The van der Waals surface area contributed by atoms with E-state index in [9.17, 15) is 9.59 Å². The van der Waals surface area contributed by atoms with Crippen LogP contribution in [0, 0.1) is 0 Å². The number of nitrogen functional groups attached to an aromatic ring is 1. The van der Waals surface area contributed by atoms with Crippen LogP contribution in [0.5, 0.6) is 0 Å². The summed E-state index contributed by atoms with van der Waals surface area (Å²) in [5.41, 5.74) is 12.3. The van der Waals surface area contributed by atoms with E-state index in [4.69, 9.17) is 11.5 Å². The first-order chi connectivity index (χ1) is 8.41. The van der Waals surface area contributed by atoms with Gasteiger partial charge in [-0.3, -0.25) is 9.59 Å². The van der Waals surface area contributed by atoms with E-state index in [1.807, 2.05) is 26.0 Å². The monoisotopic (exact) mass is 249 g/mol. The van der Waals surface area contributed by atoms with Gasteiger partial charge in [-0.2, -0.15) is 0 Å². The average Bonchev–Trinajstić information content (AvgIpc) is 2.28. The Hall–Kier alpha value is -2.04. The Morgan fingerprint density at radius 1 is 1.28 bits per heavy atom. The first-order valence-corrected chi connectivity index (χ1v) is 5.83. The maximum atomic E-state index is 12.1. The molecule has 0 saturated carbocycles. The highest BCUT2D eigenvalue weighted by Crippen LogP contribution is 2.13. The van der Waals surface area contributed by atoms with Crippen molar-refractivity contribution in [3.05, 3.63) is 29.8 Å². The van der Waals surface area contributed by atoms with E-state index in [-0.39, 0.29) is 24.9 Å². The Bertz CT molecular complexity index is 444. The SMILES string of the molecule is CC(C)N(CC(N)=O)C(=O)Cc1ccccc1N. The van der Waals surface area contributed by atoms with Gasteiger partial charge in [-0.15, -0.1) is 0 Å². The van der Waals surface area contributed by atoms with Gasteiger partial charge >= 0.3 is 0 Å². The second kappa shape index (κ2) is 6.05.